The number of benzene rings is 1. The van der Waals surface area contributed by atoms with Crippen LogP contribution in [0.3, 0.4) is 0 Å². The maximum Gasteiger partial charge on any atom is 0.306 e. The summed E-state index contributed by atoms with van der Waals surface area (Å²) in [6.45, 7) is 0. The van der Waals surface area contributed by atoms with Gasteiger partial charge in [0, 0.05) is 24.1 Å². The van der Waals surface area contributed by atoms with Crippen molar-refractivity contribution in [1.82, 2.24) is 4.98 Å². The van der Waals surface area contributed by atoms with Gasteiger partial charge in [0.15, 0.2) is 0 Å². The minimum absolute atomic E-state index is 0.0861. The van der Waals surface area contributed by atoms with Gasteiger partial charge in [0.2, 0.25) is 5.82 Å². The van der Waals surface area contributed by atoms with E-state index in [2.05, 4.69) is 10.3 Å². The number of nitro groups is 1. The largest absolute Gasteiger partial charge is 0.322 e. The molecule has 1 amide bonds. The molecule has 0 fully saturated rings. The summed E-state index contributed by atoms with van der Waals surface area (Å²) in [4.78, 5) is 25.4. The standard InChI is InChI=1S/C12H7ClFN3O3/c13-9-3-4-15-6-8(9)12(18)16-7-1-2-10(14)11(5-7)17(19)20/h1-6H,(H,16,18). The second kappa shape index (κ2) is 5.62. The van der Waals surface area contributed by atoms with Crippen molar-refractivity contribution in [3.8, 4) is 0 Å². The van der Waals surface area contributed by atoms with Crippen LogP contribution in [-0.4, -0.2) is 15.8 Å². The average Bonchev–Trinajstić information content (AvgIpc) is 2.41. The van der Waals surface area contributed by atoms with E-state index in [0.717, 1.165) is 12.1 Å². The number of halogens is 2. The number of hydrogen-bond acceptors (Lipinski definition) is 4. The molecule has 1 aromatic carbocycles. The maximum atomic E-state index is 13.2. The summed E-state index contributed by atoms with van der Waals surface area (Å²) in [5, 5.41) is 13.2. The van der Waals surface area contributed by atoms with Gasteiger partial charge in [0.05, 0.1) is 15.5 Å². The molecule has 0 saturated carbocycles. The van der Waals surface area contributed by atoms with Crippen LogP contribution < -0.4 is 5.32 Å². The number of hydrogen-bond donors (Lipinski definition) is 1. The molecule has 0 radical (unpaired) electrons. The molecule has 0 unspecified atom stereocenters. The van der Waals surface area contributed by atoms with Crippen molar-refractivity contribution in [1.29, 1.82) is 0 Å². The molecule has 0 spiro atoms. The molecule has 2 aromatic rings. The van der Waals surface area contributed by atoms with Crippen LogP contribution in [0, 0.1) is 15.9 Å². The predicted molar refractivity (Wildman–Crippen MR) is 70.3 cm³/mol. The lowest BCUT2D eigenvalue weighted by Crippen LogP contribution is -2.13. The molecule has 1 aromatic heterocycles. The van der Waals surface area contributed by atoms with Crippen molar-refractivity contribution in [2.24, 2.45) is 0 Å². The fraction of sp³-hybridized carbons (Fsp3) is 0. The number of amides is 1. The highest BCUT2D eigenvalue weighted by molar-refractivity contribution is 6.34. The van der Waals surface area contributed by atoms with E-state index in [1.165, 1.54) is 24.5 Å². The lowest BCUT2D eigenvalue weighted by molar-refractivity contribution is -0.387. The van der Waals surface area contributed by atoms with Crippen LogP contribution in [0.15, 0.2) is 36.7 Å². The van der Waals surface area contributed by atoms with Crippen LogP contribution in [0.4, 0.5) is 15.8 Å². The van der Waals surface area contributed by atoms with Crippen molar-refractivity contribution in [2.45, 2.75) is 0 Å². The summed E-state index contributed by atoms with van der Waals surface area (Å²) in [6, 6.07) is 4.48. The van der Waals surface area contributed by atoms with Gasteiger partial charge in [0.1, 0.15) is 0 Å². The Balaban J connectivity index is 2.27. The second-order valence-corrected chi connectivity index (χ2v) is 4.14. The molecule has 8 heteroatoms. The number of rotatable bonds is 3. The number of anilines is 1. The van der Waals surface area contributed by atoms with E-state index >= 15 is 0 Å². The number of pyridine rings is 1. The third-order valence-electron chi connectivity index (χ3n) is 2.41. The van der Waals surface area contributed by atoms with Crippen LogP contribution in [0.2, 0.25) is 5.02 Å². The summed E-state index contributed by atoms with van der Waals surface area (Å²) < 4.78 is 13.2. The Morgan fingerprint density at radius 1 is 1.40 bits per heavy atom. The Morgan fingerprint density at radius 2 is 2.15 bits per heavy atom. The molecule has 6 nitrogen and oxygen atoms in total. The first kappa shape index (κ1) is 13.9. The highest BCUT2D eigenvalue weighted by Crippen LogP contribution is 2.22. The van der Waals surface area contributed by atoms with Crippen molar-refractivity contribution in [3.05, 3.63) is 63.2 Å². The number of carbonyl (C=O) groups is 1. The molecule has 0 saturated heterocycles. The van der Waals surface area contributed by atoms with Gasteiger partial charge < -0.3 is 5.32 Å². The summed E-state index contributed by atoms with van der Waals surface area (Å²) in [6.07, 6.45) is 2.68. The monoisotopic (exact) mass is 295 g/mol. The highest BCUT2D eigenvalue weighted by Gasteiger charge is 2.16. The van der Waals surface area contributed by atoms with E-state index in [1.807, 2.05) is 0 Å². The summed E-state index contributed by atoms with van der Waals surface area (Å²) in [7, 11) is 0. The molecule has 102 valence electrons. The highest BCUT2D eigenvalue weighted by atomic mass is 35.5. The molecule has 1 N–H and O–H groups in total. The van der Waals surface area contributed by atoms with Gasteiger partial charge in [0.25, 0.3) is 5.91 Å². The first-order chi connectivity index (χ1) is 9.49. The smallest absolute Gasteiger partial charge is 0.306 e. The van der Waals surface area contributed by atoms with E-state index in [9.17, 15) is 19.3 Å². The van der Waals surface area contributed by atoms with E-state index in [1.54, 1.807) is 0 Å². The van der Waals surface area contributed by atoms with Gasteiger partial charge in [-0.25, -0.2) is 0 Å². The number of carbonyl (C=O) groups excluding carboxylic acids is 1. The normalized spacial score (nSPS) is 10.1. The average molecular weight is 296 g/mol. The second-order valence-electron chi connectivity index (χ2n) is 3.73. The van der Waals surface area contributed by atoms with Crippen molar-refractivity contribution < 1.29 is 14.1 Å². The number of nitrogens with one attached hydrogen (secondary N) is 1. The van der Waals surface area contributed by atoms with Gasteiger partial charge in [-0.15, -0.1) is 0 Å². The summed E-state index contributed by atoms with van der Waals surface area (Å²) in [5.74, 6) is -1.57. The summed E-state index contributed by atoms with van der Waals surface area (Å²) >= 11 is 5.82. The van der Waals surface area contributed by atoms with E-state index in [0.29, 0.717) is 0 Å². The van der Waals surface area contributed by atoms with E-state index < -0.39 is 22.3 Å². The van der Waals surface area contributed by atoms with Crippen molar-refractivity contribution in [3.63, 3.8) is 0 Å². The van der Waals surface area contributed by atoms with Gasteiger partial charge >= 0.3 is 5.69 Å². The first-order valence-electron chi connectivity index (χ1n) is 5.34. The third kappa shape index (κ3) is 2.89. The van der Waals surface area contributed by atoms with Crippen molar-refractivity contribution in [2.75, 3.05) is 5.32 Å². The third-order valence-corrected chi connectivity index (χ3v) is 2.74. The van der Waals surface area contributed by atoms with Crippen LogP contribution in [-0.2, 0) is 0 Å². The Labute approximate surface area is 117 Å². The minimum Gasteiger partial charge on any atom is -0.322 e. The lowest BCUT2D eigenvalue weighted by Gasteiger charge is -2.06. The molecule has 2 rings (SSSR count). The first-order valence-corrected chi connectivity index (χ1v) is 5.71. The topological polar surface area (TPSA) is 85.1 Å². The Hall–Kier alpha value is -2.54. The zero-order chi connectivity index (χ0) is 14.7. The molecule has 0 bridgehead atoms. The molecular formula is C12H7ClFN3O3. The van der Waals surface area contributed by atoms with Gasteiger partial charge in [-0.1, -0.05) is 11.6 Å². The lowest BCUT2D eigenvalue weighted by atomic mass is 10.2. The van der Waals surface area contributed by atoms with E-state index in [4.69, 9.17) is 11.6 Å². The quantitative estimate of drug-likeness (QED) is 0.696. The van der Waals surface area contributed by atoms with Crippen LogP contribution in [0.1, 0.15) is 10.4 Å². The number of nitrogens with zero attached hydrogens (tertiary/aromatic N) is 2. The molecule has 0 atom stereocenters. The molecular weight excluding hydrogens is 289 g/mol. The van der Waals surface area contributed by atoms with E-state index in [-0.39, 0.29) is 16.3 Å². The molecule has 0 aliphatic carbocycles. The fourth-order valence-corrected chi connectivity index (χ4v) is 1.66. The van der Waals surface area contributed by atoms with Crippen LogP contribution in [0.5, 0.6) is 0 Å². The summed E-state index contributed by atoms with van der Waals surface area (Å²) in [5.41, 5.74) is -0.524. The maximum absolute atomic E-state index is 13.2. The zero-order valence-electron chi connectivity index (χ0n) is 9.84. The van der Waals surface area contributed by atoms with Crippen LogP contribution in [0.25, 0.3) is 0 Å². The number of aromatic nitrogens is 1. The molecule has 0 aliphatic heterocycles. The SMILES string of the molecule is O=C(Nc1ccc(F)c([N+](=O)[O-])c1)c1cnccc1Cl. The van der Waals surface area contributed by atoms with Crippen molar-refractivity contribution >= 4 is 28.9 Å². The van der Waals surface area contributed by atoms with Gasteiger partial charge in [-0.3, -0.25) is 19.9 Å². The predicted octanol–water partition coefficient (Wildman–Crippen LogP) is 3.03. The minimum atomic E-state index is -0.979. The number of nitro benzene ring substituents is 1. The zero-order valence-corrected chi connectivity index (χ0v) is 10.6. The fourth-order valence-electron chi connectivity index (χ4n) is 1.47. The Kier molecular flexibility index (Phi) is 3.90. The molecule has 0 aliphatic rings. The molecule has 20 heavy (non-hydrogen) atoms. The Morgan fingerprint density at radius 3 is 2.80 bits per heavy atom. The van der Waals surface area contributed by atoms with Gasteiger partial charge in [-0.05, 0) is 18.2 Å². The Bertz CT molecular complexity index is 693. The molecule has 1 heterocycles. The van der Waals surface area contributed by atoms with Crippen LogP contribution >= 0.6 is 11.6 Å². The van der Waals surface area contributed by atoms with Gasteiger partial charge in [-0.2, -0.15) is 4.39 Å².